The lowest BCUT2D eigenvalue weighted by molar-refractivity contribution is 0.160. The van der Waals surface area contributed by atoms with E-state index in [2.05, 4.69) is 26.2 Å². The summed E-state index contributed by atoms with van der Waals surface area (Å²) in [5, 5.41) is 3.24. The number of halogens is 1. The summed E-state index contributed by atoms with van der Waals surface area (Å²) in [4.78, 5) is 15.5. The zero-order valence-corrected chi connectivity index (χ0v) is 10.8. The summed E-state index contributed by atoms with van der Waals surface area (Å²) in [7, 11) is 0. The fourth-order valence-corrected chi connectivity index (χ4v) is 1.39. The van der Waals surface area contributed by atoms with Crippen LogP contribution in [-0.4, -0.2) is 17.7 Å². The third kappa shape index (κ3) is 4.61. The Kier molecular flexibility index (Phi) is 5.85. The molecule has 0 unspecified atom stereocenters. The predicted molar refractivity (Wildman–Crippen MR) is 66.7 cm³/mol. The molecule has 88 valence electrons. The van der Waals surface area contributed by atoms with Crippen LogP contribution in [0.5, 0.6) is 0 Å². The molecule has 1 rings (SSSR count). The molecule has 1 amide bonds. The van der Waals surface area contributed by atoms with Gasteiger partial charge < -0.3 is 4.74 Å². The second-order valence-corrected chi connectivity index (χ2v) is 3.82. The van der Waals surface area contributed by atoms with Crippen LogP contribution in [-0.2, 0) is 10.1 Å². The summed E-state index contributed by atoms with van der Waals surface area (Å²) in [5.41, 5.74) is 0.867. The van der Waals surface area contributed by atoms with Gasteiger partial charge in [-0.05, 0) is 18.6 Å². The van der Waals surface area contributed by atoms with Gasteiger partial charge in [0.1, 0.15) is 5.82 Å². The first-order valence-electron chi connectivity index (χ1n) is 5.22. The molecule has 1 heterocycles. The molecule has 16 heavy (non-hydrogen) atoms. The lowest BCUT2D eigenvalue weighted by atomic mass is 10.4. The van der Waals surface area contributed by atoms with Crippen LogP contribution < -0.4 is 5.32 Å². The third-order valence-corrected chi connectivity index (χ3v) is 2.48. The maximum atomic E-state index is 11.3. The molecular weight excluding hydrogens is 272 g/mol. The third-order valence-electron chi connectivity index (χ3n) is 1.90. The SMILES string of the molecule is CCCCOC(=O)Nc1cccc(CBr)n1. The lowest BCUT2D eigenvalue weighted by Crippen LogP contribution is -2.15. The molecule has 0 saturated carbocycles. The summed E-state index contributed by atoms with van der Waals surface area (Å²) in [5.74, 6) is 0.512. The van der Waals surface area contributed by atoms with E-state index >= 15 is 0 Å². The van der Waals surface area contributed by atoms with E-state index in [1.807, 2.05) is 19.1 Å². The number of nitrogens with one attached hydrogen (secondary N) is 1. The molecule has 0 atom stereocenters. The number of unbranched alkanes of at least 4 members (excludes halogenated alkanes) is 1. The number of ether oxygens (including phenoxy) is 1. The quantitative estimate of drug-likeness (QED) is 0.667. The van der Waals surface area contributed by atoms with E-state index in [0.29, 0.717) is 17.8 Å². The summed E-state index contributed by atoms with van der Waals surface area (Å²) in [6.45, 7) is 2.49. The van der Waals surface area contributed by atoms with Crippen LogP contribution in [0.4, 0.5) is 10.6 Å². The van der Waals surface area contributed by atoms with Gasteiger partial charge in [0.25, 0.3) is 0 Å². The number of nitrogens with zero attached hydrogens (tertiary/aromatic N) is 1. The van der Waals surface area contributed by atoms with Gasteiger partial charge in [-0.25, -0.2) is 9.78 Å². The van der Waals surface area contributed by atoms with Gasteiger partial charge in [-0.3, -0.25) is 5.32 Å². The Balaban J connectivity index is 2.43. The number of pyridine rings is 1. The molecule has 0 aliphatic rings. The van der Waals surface area contributed by atoms with Gasteiger partial charge in [0, 0.05) is 5.33 Å². The number of hydrogen-bond acceptors (Lipinski definition) is 3. The second kappa shape index (κ2) is 7.22. The Hall–Kier alpha value is -1.10. The summed E-state index contributed by atoms with van der Waals surface area (Å²) in [6.07, 6.45) is 1.43. The van der Waals surface area contributed by atoms with Crippen LogP contribution >= 0.6 is 15.9 Å². The molecule has 0 aliphatic carbocycles. The van der Waals surface area contributed by atoms with E-state index in [4.69, 9.17) is 4.74 Å². The molecule has 0 bridgehead atoms. The number of amides is 1. The number of aromatic nitrogens is 1. The minimum Gasteiger partial charge on any atom is -0.449 e. The van der Waals surface area contributed by atoms with Crippen molar-refractivity contribution >= 4 is 27.8 Å². The highest BCUT2D eigenvalue weighted by Gasteiger charge is 2.03. The average molecular weight is 287 g/mol. The van der Waals surface area contributed by atoms with E-state index in [1.54, 1.807) is 6.07 Å². The van der Waals surface area contributed by atoms with Crippen molar-refractivity contribution < 1.29 is 9.53 Å². The van der Waals surface area contributed by atoms with Gasteiger partial charge in [-0.2, -0.15) is 0 Å². The maximum absolute atomic E-state index is 11.3. The van der Waals surface area contributed by atoms with Gasteiger partial charge in [0.15, 0.2) is 0 Å². The molecule has 0 radical (unpaired) electrons. The first kappa shape index (κ1) is 13.0. The summed E-state index contributed by atoms with van der Waals surface area (Å²) in [6, 6.07) is 5.45. The van der Waals surface area contributed by atoms with Gasteiger partial charge >= 0.3 is 6.09 Å². The fourth-order valence-electron chi connectivity index (χ4n) is 1.07. The number of hydrogen-bond donors (Lipinski definition) is 1. The minimum atomic E-state index is -0.451. The monoisotopic (exact) mass is 286 g/mol. The van der Waals surface area contributed by atoms with E-state index in [1.165, 1.54) is 0 Å². The van der Waals surface area contributed by atoms with E-state index in [0.717, 1.165) is 18.5 Å². The van der Waals surface area contributed by atoms with Crippen LogP contribution in [0.15, 0.2) is 18.2 Å². The van der Waals surface area contributed by atoms with Crippen LogP contribution in [0.25, 0.3) is 0 Å². The summed E-state index contributed by atoms with van der Waals surface area (Å²) < 4.78 is 4.96. The Morgan fingerprint density at radius 3 is 3.06 bits per heavy atom. The van der Waals surface area contributed by atoms with Crippen molar-refractivity contribution in [2.24, 2.45) is 0 Å². The normalized spacial score (nSPS) is 9.88. The zero-order valence-electron chi connectivity index (χ0n) is 9.20. The summed E-state index contributed by atoms with van der Waals surface area (Å²) >= 11 is 3.30. The highest BCUT2D eigenvalue weighted by atomic mass is 79.9. The van der Waals surface area contributed by atoms with Gasteiger partial charge in [0.05, 0.1) is 12.3 Å². The highest BCUT2D eigenvalue weighted by Crippen LogP contribution is 2.08. The molecule has 0 aromatic carbocycles. The van der Waals surface area contributed by atoms with E-state index in [9.17, 15) is 4.79 Å². The van der Waals surface area contributed by atoms with E-state index < -0.39 is 6.09 Å². The fraction of sp³-hybridized carbons (Fsp3) is 0.455. The van der Waals surface area contributed by atoms with Crippen LogP contribution in [0.3, 0.4) is 0 Å². The number of carbonyl (C=O) groups excluding carboxylic acids is 1. The van der Waals surface area contributed by atoms with Crippen molar-refractivity contribution in [3.05, 3.63) is 23.9 Å². The molecule has 5 heteroatoms. The molecule has 1 aromatic heterocycles. The van der Waals surface area contributed by atoms with Crippen LogP contribution in [0, 0.1) is 0 Å². The van der Waals surface area contributed by atoms with Crippen molar-refractivity contribution in [2.45, 2.75) is 25.1 Å². The first-order chi connectivity index (χ1) is 7.76. The number of carbonyl (C=O) groups is 1. The molecular formula is C11H15BrN2O2. The smallest absolute Gasteiger partial charge is 0.412 e. The van der Waals surface area contributed by atoms with Crippen molar-refractivity contribution in [1.29, 1.82) is 0 Å². The van der Waals surface area contributed by atoms with Gasteiger partial charge in [-0.15, -0.1) is 0 Å². The molecule has 0 aliphatic heterocycles. The van der Waals surface area contributed by atoms with Crippen molar-refractivity contribution in [3.8, 4) is 0 Å². The van der Waals surface area contributed by atoms with Crippen LogP contribution in [0.1, 0.15) is 25.5 Å². The first-order valence-corrected chi connectivity index (χ1v) is 6.34. The highest BCUT2D eigenvalue weighted by molar-refractivity contribution is 9.08. The Morgan fingerprint density at radius 1 is 1.56 bits per heavy atom. The second-order valence-electron chi connectivity index (χ2n) is 3.26. The standard InChI is InChI=1S/C11H15BrN2O2/c1-2-3-7-16-11(15)14-10-6-4-5-9(8-12)13-10/h4-6H,2-3,7-8H2,1H3,(H,13,14,15). The lowest BCUT2D eigenvalue weighted by Gasteiger charge is -2.06. The zero-order chi connectivity index (χ0) is 11.8. The molecule has 0 fully saturated rings. The maximum Gasteiger partial charge on any atom is 0.412 e. The molecule has 0 saturated heterocycles. The van der Waals surface area contributed by atoms with Crippen molar-refractivity contribution in [1.82, 2.24) is 4.98 Å². The largest absolute Gasteiger partial charge is 0.449 e. The van der Waals surface area contributed by atoms with Crippen molar-refractivity contribution in [2.75, 3.05) is 11.9 Å². The number of rotatable bonds is 5. The van der Waals surface area contributed by atoms with Gasteiger partial charge in [-0.1, -0.05) is 35.3 Å². The van der Waals surface area contributed by atoms with Crippen LogP contribution in [0.2, 0.25) is 0 Å². The molecule has 1 N–H and O–H groups in total. The Labute approximate surface area is 104 Å². The van der Waals surface area contributed by atoms with Crippen molar-refractivity contribution in [3.63, 3.8) is 0 Å². The van der Waals surface area contributed by atoms with Gasteiger partial charge in [0.2, 0.25) is 0 Å². The number of alkyl halides is 1. The predicted octanol–water partition coefficient (Wildman–Crippen LogP) is 3.33. The topological polar surface area (TPSA) is 51.2 Å². The molecule has 0 spiro atoms. The van der Waals surface area contributed by atoms with E-state index in [-0.39, 0.29) is 0 Å². The average Bonchev–Trinajstić information content (AvgIpc) is 2.29. The Morgan fingerprint density at radius 2 is 2.38 bits per heavy atom. The minimum absolute atomic E-state index is 0.445. The molecule has 1 aromatic rings. The molecule has 4 nitrogen and oxygen atoms in total. The number of anilines is 1. The Bertz CT molecular complexity index is 345.